The number of carbonyl (C=O) groups excluding carboxylic acids is 1. The van der Waals surface area contributed by atoms with Crippen molar-refractivity contribution in [3.05, 3.63) is 120 Å². The molecule has 4 nitrogen and oxygen atoms in total. The second-order valence-electron chi connectivity index (χ2n) is 8.01. The molecular formula is C30H25N3O. The Morgan fingerprint density at radius 1 is 0.794 bits per heavy atom. The van der Waals surface area contributed by atoms with Gasteiger partial charge in [-0.05, 0) is 54.5 Å². The highest BCUT2D eigenvalue weighted by Crippen LogP contribution is 2.29. The van der Waals surface area contributed by atoms with Crippen LogP contribution in [0, 0.1) is 0 Å². The molecule has 4 heteroatoms. The highest BCUT2D eigenvalue weighted by atomic mass is 16.2. The quantitative estimate of drug-likeness (QED) is 0.160. The first-order valence-electron chi connectivity index (χ1n) is 11.4. The number of benzene rings is 4. The summed E-state index contributed by atoms with van der Waals surface area (Å²) in [4.78, 5) is 13.1. The van der Waals surface area contributed by atoms with E-state index in [2.05, 4.69) is 53.0 Å². The summed E-state index contributed by atoms with van der Waals surface area (Å²) in [5.74, 6) is -0.213. The summed E-state index contributed by atoms with van der Waals surface area (Å²) in [7, 11) is 0. The number of aromatic nitrogens is 1. The van der Waals surface area contributed by atoms with E-state index in [0.29, 0.717) is 5.69 Å². The molecule has 0 N–H and O–H groups in total. The number of carbonyl (C=O) groups is 1. The van der Waals surface area contributed by atoms with Gasteiger partial charge in [0.1, 0.15) is 0 Å². The first-order valence-corrected chi connectivity index (χ1v) is 11.4. The van der Waals surface area contributed by atoms with Crippen LogP contribution in [0.3, 0.4) is 0 Å². The van der Waals surface area contributed by atoms with Gasteiger partial charge in [-0.1, -0.05) is 72.8 Å². The Bertz CT molecular complexity index is 1500. The van der Waals surface area contributed by atoms with Crippen molar-refractivity contribution in [1.29, 1.82) is 0 Å². The molecular weight excluding hydrogens is 418 g/mol. The minimum Gasteiger partial charge on any atom is -0.341 e. The molecule has 0 fully saturated rings. The van der Waals surface area contributed by atoms with Gasteiger partial charge in [-0.2, -0.15) is 10.1 Å². The fourth-order valence-corrected chi connectivity index (χ4v) is 4.24. The number of anilines is 1. The Hall–Kier alpha value is -4.44. The van der Waals surface area contributed by atoms with Crippen LogP contribution in [-0.4, -0.2) is 16.7 Å². The van der Waals surface area contributed by atoms with E-state index >= 15 is 0 Å². The minimum atomic E-state index is -0.213. The van der Waals surface area contributed by atoms with Gasteiger partial charge >= 0.3 is 0 Å². The van der Waals surface area contributed by atoms with Crippen LogP contribution in [0.4, 0.5) is 5.69 Å². The predicted octanol–water partition coefficient (Wildman–Crippen LogP) is 6.89. The van der Waals surface area contributed by atoms with Gasteiger partial charge in [0.25, 0.3) is 5.91 Å². The average Bonchev–Trinajstić information content (AvgIpc) is 3.22. The highest BCUT2D eigenvalue weighted by molar-refractivity contribution is 6.10. The molecule has 5 rings (SSSR count). The van der Waals surface area contributed by atoms with Crippen molar-refractivity contribution in [3.8, 4) is 0 Å². The smallest absolute Gasteiger partial charge is 0.271 e. The van der Waals surface area contributed by atoms with Gasteiger partial charge in [-0.3, -0.25) is 4.79 Å². The second-order valence-corrected chi connectivity index (χ2v) is 8.01. The third-order valence-electron chi connectivity index (χ3n) is 5.86. The number of hydrazone groups is 1. The van der Waals surface area contributed by atoms with Crippen molar-refractivity contribution < 1.29 is 4.79 Å². The standard InChI is InChI=1S/C30H25N3O/c1-2-32-28-16-10-9-15-26(28)27-21-24(17-19-29(27)32)22-31-33(25-13-7-4-8-14-25)30(34)20-18-23-11-5-3-6-12-23/h3-22H,2H2,1H3. The summed E-state index contributed by atoms with van der Waals surface area (Å²) in [5.41, 5.74) is 5.03. The van der Waals surface area contributed by atoms with Crippen molar-refractivity contribution in [2.45, 2.75) is 13.5 Å². The highest BCUT2D eigenvalue weighted by Gasteiger charge is 2.12. The van der Waals surface area contributed by atoms with Gasteiger partial charge in [0.2, 0.25) is 0 Å². The molecule has 1 aromatic heterocycles. The third-order valence-corrected chi connectivity index (χ3v) is 5.86. The van der Waals surface area contributed by atoms with Crippen LogP contribution in [0.25, 0.3) is 27.9 Å². The zero-order valence-electron chi connectivity index (χ0n) is 19.0. The van der Waals surface area contributed by atoms with Gasteiger partial charge in [0, 0.05) is 34.4 Å². The molecule has 166 valence electrons. The van der Waals surface area contributed by atoms with Crippen molar-refractivity contribution in [3.63, 3.8) is 0 Å². The number of rotatable bonds is 6. The third kappa shape index (κ3) is 4.26. The molecule has 0 aliphatic rings. The van der Waals surface area contributed by atoms with Crippen LogP contribution in [0.2, 0.25) is 0 Å². The number of aryl methyl sites for hydroxylation is 1. The molecule has 0 aliphatic heterocycles. The van der Waals surface area contributed by atoms with Crippen LogP contribution < -0.4 is 5.01 Å². The van der Waals surface area contributed by atoms with E-state index in [1.165, 1.54) is 26.8 Å². The van der Waals surface area contributed by atoms with Crippen LogP contribution in [0.1, 0.15) is 18.1 Å². The Kier molecular flexibility index (Phi) is 6.04. The lowest BCUT2D eigenvalue weighted by Crippen LogP contribution is -2.23. The molecule has 0 atom stereocenters. The molecule has 0 unspecified atom stereocenters. The van der Waals surface area contributed by atoms with Crippen LogP contribution in [0.5, 0.6) is 0 Å². The second kappa shape index (κ2) is 9.59. The maximum Gasteiger partial charge on any atom is 0.271 e. The summed E-state index contributed by atoms with van der Waals surface area (Å²) in [6, 6.07) is 34.0. The Morgan fingerprint density at radius 2 is 1.47 bits per heavy atom. The van der Waals surface area contributed by atoms with E-state index in [0.717, 1.165) is 17.7 Å². The summed E-state index contributed by atoms with van der Waals surface area (Å²) < 4.78 is 2.32. The molecule has 5 aromatic rings. The van der Waals surface area contributed by atoms with Gasteiger partial charge in [-0.25, -0.2) is 0 Å². The fourth-order valence-electron chi connectivity index (χ4n) is 4.24. The lowest BCUT2D eigenvalue weighted by atomic mass is 10.1. The lowest BCUT2D eigenvalue weighted by Gasteiger charge is -2.15. The first-order chi connectivity index (χ1) is 16.7. The predicted molar refractivity (Wildman–Crippen MR) is 142 cm³/mol. The van der Waals surface area contributed by atoms with Crippen molar-refractivity contribution in [1.82, 2.24) is 4.57 Å². The Morgan fingerprint density at radius 3 is 2.24 bits per heavy atom. The van der Waals surface area contributed by atoms with Crippen LogP contribution in [-0.2, 0) is 11.3 Å². The van der Waals surface area contributed by atoms with E-state index in [-0.39, 0.29) is 5.91 Å². The molecule has 0 spiro atoms. The van der Waals surface area contributed by atoms with E-state index in [9.17, 15) is 4.79 Å². The number of nitrogens with zero attached hydrogens (tertiary/aromatic N) is 3. The maximum absolute atomic E-state index is 13.1. The van der Waals surface area contributed by atoms with E-state index in [4.69, 9.17) is 0 Å². The van der Waals surface area contributed by atoms with Gasteiger partial charge in [0.15, 0.2) is 0 Å². The zero-order valence-corrected chi connectivity index (χ0v) is 19.0. The van der Waals surface area contributed by atoms with E-state index in [1.807, 2.05) is 66.7 Å². The summed E-state index contributed by atoms with van der Waals surface area (Å²) >= 11 is 0. The van der Waals surface area contributed by atoms with Crippen LogP contribution in [0.15, 0.2) is 114 Å². The lowest BCUT2D eigenvalue weighted by molar-refractivity contribution is -0.114. The van der Waals surface area contributed by atoms with E-state index < -0.39 is 0 Å². The molecule has 0 radical (unpaired) electrons. The van der Waals surface area contributed by atoms with Crippen molar-refractivity contribution in [2.24, 2.45) is 5.10 Å². The summed E-state index contributed by atoms with van der Waals surface area (Å²) in [5, 5.41) is 8.42. The van der Waals surface area contributed by atoms with E-state index in [1.54, 1.807) is 18.4 Å². The number of amides is 1. The Balaban J connectivity index is 1.50. The number of hydrogen-bond donors (Lipinski definition) is 0. The molecule has 4 aromatic carbocycles. The normalized spacial score (nSPS) is 11.7. The average molecular weight is 444 g/mol. The molecule has 1 amide bonds. The summed E-state index contributed by atoms with van der Waals surface area (Å²) in [6.45, 7) is 3.06. The van der Waals surface area contributed by atoms with Gasteiger partial charge < -0.3 is 4.57 Å². The molecule has 1 heterocycles. The van der Waals surface area contributed by atoms with Crippen molar-refractivity contribution >= 4 is 45.7 Å². The van der Waals surface area contributed by atoms with Crippen LogP contribution >= 0.6 is 0 Å². The SMILES string of the molecule is CCn1c2ccccc2c2cc(C=NN(C(=O)C=Cc3ccccc3)c3ccccc3)ccc21. The first kappa shape index (κ1) is 21.4. The monoisotopic (exact) mass is 443 g/mol. The minimum absolute atomic E-state index is 0.213. The Labute approximate surface area is 199 Å². The largest absolute Gasteiger partial charge is 0.341 e. The number of para-hydroxylation sites is 2. The fraction of sp³-hybridized carbons (Fsp3) is 0.0667. The molecule has 34 heavy (non-hydrogen) atoms. The van der Waals surface area contributed by atoms with Crippen molar-refractivity contribution in [2.75, 3.05) is 5.01 Å². The van der Waals surface area contributed by atoms with Gasteiger partial charge in [-0.15, -0.1) is 0 Å². The molecule has 0 bridgehead atoms. The number of hydrogen-bond acceptors (Lipinski definition) is 2. The molecule has 0 aliphatic carbocycles. The molecule has 0 saturated heterocycles. The topological polar surface area (TPSA) is 37.6 Å². The zero-order chi connectivity index (χ0) is 23.3. The summed E-state index contributed by atoms with van der Waals surface area (Å²) in [6.07, 6.45) is 5.11. The number of fused-ring (bicyclic) bond motifs is 3. The van der Waals surface area contributed by atoms with Gasteiger partial charge in [0.05, 0.1) is 11.9 Å². The molecule has 0 saturated carbocycles. The maximum atomic E-state index is 13.1.